The smallest absolute Gasteiger partial charge is 0.237 e. The van der Waals surface area contributed by atoms with Gasteiger partial charge >= 0.3 is 0 Å². The second-order valence-corrected chi connectivity index (χ2v) is 4.36. The van der Waals surface area contributed by atoms with Gasteiger partial charge in [0.2, 0.25) is 5.88 Å². The van der Waals surface area contributed by atoms with E-state index in [1.54, 1.807) is 25.8 Å². The molecule has 0 radical (unpaired) electrons. The number of aromatic nitrogens is 2. The Morgan fingerprint density at radius 2 is 2.00 bits per heavy atom. The van der Waals surface area contributed by atoms with Gasteiger partial charge in [-0.15, -0.1) is 0 Å². The Hall–Kier alpha value is -2.40. The first-order chi connectivity index (χ1) is 9.85. The number of fused-ring (bicyclic) bond motifs is 1. The maximum Gasteiger partial charge on any atom is 0.237 e. The van der Waals surface area contributed by atoms with E-state index in [4.69, 9.17) is 9.15 Å². The van der Waals surface area contributed by atoms with E-state index in [0.717, 1.165) is 22.2 Å². The van der Waals surface area contributed by atoms with Crippen LogP contribution in [0.25, 0.3) is 11.0 Å². The van der Waals surface area contributed by atoms with E-state index < -0.39 is 0 Å². The van der Waals surface area contributed by atoms with Crippen LogP contribution in [0.5, 0.6) is 5.88 Å². The lowest BCUT2D eigenvalue weighted by Gasteiger charge is -2.16. The highest BCUT2D eigenvalue weighted by Gasteiger charge is 2.22. The van der Waals surface area contributed by atoms with Crippen molar-refractivity contribution in [1.82, 2.24) is 15.3 Å². The summed E-state index contributed by atoms with van der Waals surface area (Å²) in [6.07, 6.45) is 5.02. The lowest BCUT2D eigenvalue weighted by molar-refractivity contribution is 0.384. The minimum atomic E-state index is -0.137. The predicted octanol–water partition coefficient (Wildman–Crippen LogP) is 2.54. The molecule has 3 rings (SSSR count). The lowest BCUT2D eigenvalue weighted by Crippen LogP contribution is -2.19. The molecule has 1 atom stereocenters. The number of ether oxygens (including phenoxy) is 1. The summed E-state index contributed by atoms with van der Waals surface area (Å²) in [5, 5.41) is 4.30. The summed E-state index contributed by atoms with van der Waals surface area (Å²) in [5.74, 6) is 0.511. The van der Waals surface area contributed by atoms with E-state index in [9.17, 15) is 0 Å². The molecule has 0 aliphatic carbocycles. The molecule has 0 saturated carbocycles. The summed E-state index contributed by atoms with van der Waals surface area (Å²) in [6, 6.07) is 7.78. The topological polar surface area (TPSA) is 60.2 Å². The molecule has 102 valence electrons. The number of rotatable bonds is 4. The third-order valence-corrected chi connectivity index (χ3v) is 3.27. The molecule has 20 heavy (non-hydrogen) atoms. The summed E-state index contributed by atoms with van der Waals surface area (Å²) in [5.41, 5.74) is 2.61. The molecule has 2 heterocycles. The van der Waals surface area contributed by atoms with E-state index in [1.807, 2.05) is 31.3 Å². The van der Waals surface area contributed by atoms with Crippen molar-refractivity contribution >= 4 is 11.0 Å². The summed E-state index contributed by atoms with van der Waals surface area (Å²) in [7, 11) is 3.47. The maximum absolute atomic E-state index is 5.60. The zero-order chi connectivity index (χ0) is 13.9. The second-order valence-electron chi connectivity index (χ2n) is 4.36. The van der Waals surface area contributed by atoms with Crippen molar-refractivity contribution < 1.29 is 9.15 Å². The molecule has 0 spiro atoms. The molecule has 5 heteroatoms. The summed E-state index contributed by atoms with van der Waals surface area (Å²) in [4.78, 5) is 8.59. The largest absolute Gasteiger partial charge is 0.480 e. The van der Waals surface area contributed by atoms with Crippen molar-refractivity contribution in [2.24, 2.45) is 0 Å². The monoisotopic (exact) mass is 269 g/mol. The van der Waals surface area contributed by atoms with Crippen molar-refractivity contribution in [1.29, 1.82) is 0 Å². The van der Waals surface area contributed by atoms with Crippen molar-refractivity contribution in [2.45, 2.75) is 6.04 Å². The van der Waals surface area contributed by atoms with Crippen molar-refractivity contribution in [2.75, 3.05) is 14.2 Å². The van der Waals surface area contributed by atoms with Crippen molar-refractivity contribution in [3.63, 3.8) is 0 Å². The van der Waals surface area contributed by atoms with Crippen LogP contribution in [-0.4, -0.2) is 24.1 Å². The molecular formula is C15H15N3O2. The number of benzene rings is 1. The quantitative estimate of drug-likeness (QED) is 0.788. The van der Waals surface area contributed by atoms with Gasteiger partial charge in [0.25, 0.3) is 0 Å². The van der Waals surface area contributed by atoms with E-state index in [-0.39, 0.29) is 6.04 Å². The maximum atomic E-state index is 5.60. The lowest BCUT2D eigenvalue weighted by atomic mass is 10.0. The van der Waals surface area contributed by atoms with Gasteiger partial charge < -0.3 is 14.5 Å². The van der Waals surface area contributed by atoms with Gasteiger partial charge in [-0.1, -0.05) is 18.2 Å². The fourth-order valence-corrected chi connectivity index (χ4v) is 2.35. The molecule has 1 aromatic carbocycles. The van der Waals surface area contributed by atoms with Crippen LogP contribution >= 0.6 is 0 Å². The van der Waals surface area contributed by atoms with Gasteiger partial charge in [-0.3, -0.25) is 4.98 Å². The third kappa shape index (κ3) is 2.02. The zero-order valence-corrected chi connectivity index (χ0v) is 11.3. The van der Waals surface area contributed by atoms with Crippen LogP contribution in [0.3, 0.4) is 0 Å². The van der Waals surface area contributed by atoms with Gasteiger partial charge in [-0.2, -0.15) is 0 Å². The van der Waals surface area contributed by atoms with Gasteiger partial charge in [-0.25, -0.2) is 4.98 Å². The average molecular weight is 269 g/mol. The van der Waals surface area contributed by atoms with E-state index >= 15 is 0 Å². The molecule has 1 N–H and O–H groups in total. The highest BCUT2D eigenvalue weighted by atomic mass is 16.5. The Balaban J connectivity index is 2.14. The number of methoxy groups -OCH3 is 1. The van der Waals surface area contributed by atoms with Crippen molar-refractivity contribution in [3.8, 4) is 5.88 Å². The van der Waals surface area contributed by atoms with E-state index in [2.05, 4.69) is 15.3 Å². The fourth-order valence-electron chi connectivity index (χ4n) is 2.35. The molecule has 0 saturated heterocycles. The average Bonchev–Trinajstić information content (AvgIpc) is 2.93. The van der Waals surface area contributed by atoms with Crippen LogP contribution in [-0.2, 0) is 0 Å². The Bertz CT molecular complexity index is 724. The van der Waals surface area contributed by atoms with Gasteiger partial charge in [-0.05, 0) is 13.1 Å². The Labute approximate surface area is 116 Å². The summed E-state index contributed by atoms with van der Waals surface area (Å²) in [6.45, 7) is 0. The molecular weight excluding hydrogens is 254 g/mol. The van der Waals surface area contributed by atoms with E-state index in [0.29, 0.717) is 5.88 Å². The van der Waals surface area contributed by atoms with Crippen molar-refractivity contribution in [3.05, 3.63) is 54.2 Å². The molecule has 0 aliphatic rings. The summed E-state index contributed by atoms with van der Waals surface area (Å²) < 4.78 is 10.9. The number of nitrogens with one attached hydrogen (secondary N) is 1. The Morgan fingerprint density at radius 3 is 2.80 bits per heavy atom. The van der Waals surface area contributed by atoms with Gasteiger partial charge in [0, 0.05) is 23.3 Å². The summed E-state index contributed by atoms with van der Waals surface area (Å²) >= 11 is 0. The molecule has 0 fully saturated rings. The normalized spacial score (nSPS) is 12.5. The van der Waals surface area contributed by atoms with Crippen LogP contribution < -0.4 is 10.1 Å². The van der Waals surface area contributed by atoms with Crippen LogP contribution in [0.15, 0.2) is 47.3 Å². The van der Waals surface area contributed by atoms with Crippen LogP contribution in [0.2, 0.25) is 0 Å². The minimum absolute atomic E-state index is 0.137. The van der Waals surface area contributed by atoms with Crippen LogP contribution in [0, 0.1) is 0 Å². The molecule has 1 unspecified atom stereocenters. The highest BCUT2D eigenvalue weighted by molar-refractivity contribution is 5.81. The minimum Gasteiger partial charge on any atom is -0.480 e. The first kappa shape index (κ1) is 12.6. The van der Waals surface area contributed by atoms with Crippen LogP contribution in [0.4, 0.5) is 0 Å². The first-order valence-electron chi connectivity index (χ1n) is 6.33. The molecule has 5 nitrogen and oxygen atoms in total. The SMILES string of the molecule is CNC(c1nccnc1OC)c1coc2ccccc12. The second kappa shape index (κ2) is 5.30. The molecule has 2 aromatic heterocycles. The van der Waals surface area contributed by atoms with Gasteiger partial charge in [0.05, 0.1) is 19.4 Å². The Morgan fingerprint density at radius 1 is 1.20 bits per heavy atom. The molecule has 0 amide bonds. The van der Waals surface area contributed by atoms with Crippen LogP contribution in [0.1, 0.15) is 17.3 Å². The van der Waals surface area contributed by atoms with Gasteiger partial charge in [0.15, 0.2) is 0 Å². The number of hydrogen-bond acceptors (Lipinski definition) is 5. The number of para-hydroxylation sites is 1. The molecule has 0 aliphatic heterocycles. The number of nitrogens with zero attached hydrogens (tertiary/aromatic N) is 2. The molecule has 3 aromatic rings. The third-order valence-electron chi connectivity index (χ3n) is 3.27. The highest BCUT2D eigenvalue weighted by Crippen LogP contribution is 2.32. The molecule has 0 bridgehead atoms. The van der Waals surface area contributed by atoms with E-state index in [1.165, 1.54) is 0 Å². The zero-order valence-electron chi connectivity index (χ0n) is 11.3. The first-order valence-corrected chi connectivity index (χ1v) is 6.33. The fraction of sp³-hybridized carbons (Fsp3) is 0.200. The Kier molecular flexibility index (Phi) is 3.35. The number of hydrogen-bond donors (Lipinski definition) is 1. The standard InChI is InChI=1S/C15H15N3O2/c1-16-13(14-15(19-2)18-8-7-17-14)11-9-20-12-6-4-3-5-10(11)12/h3-9,13,16H,1-2H3. The number of furan rings is 1. The predicted molar refractivity (Wildman–Crippen MR) is 75.7 cm³/mol. The van der Waals surface area contributed by atoms with Gasteiger partial charge in [0.1, 0.15) is 11.3 Å².